The number of nitrogens with one attached hydrogen (secondary N) is 2. The van der Waals surface area contributed by atoms with Gasteiger partial charge in [-0.1, -0.05) is 30.3 Å². The first-order valence-corrected chi connectivity index (χ1v) is 8.17. The molecule has 2 N–H and O–H groups in total. The lowest BCUT2D eigenvalue weighted by Crippen LogP contribution is -2.17. The van der Waals surface area contributed by atoms with Gasteiger partial charge in [-0.15, -0.1) is 0 Å². The second-order valence-corrected chi connectivity index (χ2v) is 5.79. The molecule has 0 aliphatic heterocycles. The van der Waals surface area contributed by atoms with Crippen LogP contribution in [0.4, 0.5) is 0 Å². The summed E-state index contributed by atoms with van der Waals surface area (Å²) in [6.45, 7) is 0. The number of benzene rings is 2. The second-order valence-electron chi connectivity index (χ2n) is 5.79. The average Bonchev–Trinajstić information content (AvgIpc) is 3.31. The lowest BCUT2D eigenvalue weighted by Gasteiger charge is -1.99. The van der Waals surface area contributed by atoms with Gasteiger partial charge in [-0.2, -0.15) is 5.10 Å². The Bertz CT molecular complexity index is 1050. The van der Waals surface area contributed by atoms with Crippen LogP contribution in [-0.2, 0) is 6.42 Å². The molecule has 2 aromatic carbocycles. The molecule has 6 heteroatoms. The van der Waals surface area contributed by atoms with Crippen molar-refractivity contribution in [2.45, 2.75) is 6.42 Å². The zero-order valence-corrected chi connectivity index (χ0v) is 13.8. The maximum atomic E-state index is 12.2. The molecule has 0 bridgehead atoms. The summed E-state index contributed by atoms with van der Waals surface area (Å²) >= 11 is 0. The first-order chi connectivity index (χ1) is 12.8. The quantitative estimate of drug-likeness (QED) is 0.429. The van der Waals surface area contributed by atoms with E-state index in [1.165, 1.54) is 11.8 Å². The lowest BCUT2D eigenvalue weighted by molar-refractivity contribution is 0.0955. The molecule has 2 aromatic heterocycles. The summed E-state index contributed by atoms with van der Waals surface area (Å²) in [5, 5.41) is 3.89. The number of carbonyl (C=O) groups is 1. The Hall–Kier alpha value is -3.67. The van der Waals surface area contributed by atoms with Crippen LogP contribution in [0.5, 0.6) is 0 Å². The topological polar surface area (TPSA) is 83.3 Å². The van der Waals surface area contributed by atoms with Gasteiger partial charge in [0.25, 0.3) is 5.91 Å². The van der Waals surface area contributed by atoms with E-state index >= 15 is 0 Å². The van der Waals surface area contributed by atoms with Crippen molar-refractivity contribution in [3.63, 3.8) is 0 Å². The third-order valence-corrected chi connectivity index (χ3v) is 3.91. The smallest absolute Gasteiger partial charge is 0.271 e. The van der Waals surface area contributed by atoms with Crippen molar-refractivity contribution < 1.29 is 9.21 Å². The highest BCUT2D eigenvalue weighted by Gasteiger charge is 2.09. The van der Waals surface area contributed by atoms with Gasteiger partial charge in [-0.05, 0) is 35.9 Å². The SMILES string of the molecule is O=C(N/N=C\c1ccco1)c1ccc2nc(Cc3ccccc3)[nH]c2c1. The van der Waals surface area contributed by atoms with Gasteiger partial charge in [-0.25, -0.2) is 10.4 Å². The number of fused-ring (bicyclic) bond motifs is 1. The fourth-order valence-electron chi connectivity index (χ4n) is 2.66. The number of furan rings is 1. The van der Waals surface area contributed by atoms with Crippen LogP contribution in [0.15, 0.2) is 76.4 Å². The Balaban J connectivity index is 1.49. The highest BCUT2D eigenvalue weighted by Crippen LogP contribution is 2.16. The number of hydrazone groups is 1. The molecule has 0 atom stereocenters. The molecule has 1 amide bonds. The molecule has 0 spiro atoms. The summed E-state index contributed by atoms with van der Waals surface area (Å²) in [5.41, 5.74) is 5.81. The lowest BCUT2D eigenvalue weighted by atomic mass is 10.1. The van der Waals surface area contributed by atoms with Crippen molar-refractivity contribution in [1.29, 1.82) is 0 Å². The fraction of sp³-hybridized carbons (Fsp3) is 0.0500. The minimum absolute atomic E-state index is 0.297. The number of hydrogen-bond donors (Lipinski definition) is 2. The van der Waals surface area contributed by atoms with E-state index < -0.39 is 0 Å². The minimum atomic E-state index is -0.297. The molecule has 128 valence electrons. The number of carbonyl (C=O) groups excluding carboxylic acids is 1. The molecule has 0 fully saturated rings. The number of rotatable bonds is 5. The van der Waals surface area contributed by atoms with Crippen molar-refractivity contribution in [3.8, 4) is 0 Å². The minimum Gasteiger partial charge on any atom is -0.463 e. The van der Waals surface area contributed by atoms with Crippen LogP contribution in [0, 0.1) is 0 Å². The van der Waals surface area contributed by atoms with Crippen molar-refractivity contribution >= 4 is 23.2 Å². The third kappa shape index (κ3) is 3.54. The highest BCUT2D eigenvalue weighted by atomic mass is 16.3. The van der Waals surface area contributed by atoms with Gasteiger partial charge in [0.1, 0.15) is 11.6 Å². The molecule has 0 aliphatic carbocycles. The highest BCUT2D eigenvalue weighted by molar-refractivity contribution is 5.97. The summed E-state index contributed by atoms with van der Waals surface area (Å²) < 4.78 is 5.12. The van der Waals surface area contributed by atoms with E-state index in [1.807, 2.05) is 24.3 Å². The molecule has 6 nitrogen and oxygen atoms in total. The maximum Gasteiger partial charge on any atom is 0.271 e. The largest absolute Gasteiger partial charge is 0.463 e. The van der Waals surface area contributed by atoms with Gasteiger partial charge < -0.3 is 9.40 Å². The Morgan fingerprint density at radius 1 is 1.15 bits per heavy atom. The van der Waals surface area contributed by atoms with E-state index in [2.05, 4.69) is 32.6 Å². The number of aromatic amines is 1. The van der Waals surface area contributed by atoms with E-state index in [9.17, 15) is 4.79 Å². The molecule has 0 unspecified atom stereocenters. The van der Waals surface area contributed by atoms with Crippen molar-refractivity contribution in [1.82, 2.24) is 15.4 Å². The van der Waals surface area contributed by atoms with Crippen LogP contribution in [0.25, 0.3) is 11.0 Å². The van der Waals surface area contributed by atoms with E-state index in [0.29, 0.717) is 17.7 Å². The van der Waals surface area contributed by atoms with E-state index in [4.69, 9.17) is 4.42 Å². The predicted octanol–water partition coefficient (Wildman–Crippen LogP) is 3.51. The summed E-state index contributed by atoms with van der Waals surface area (Å²) in [6, 6.07) is 18.9. The molecule has 0 saturated heterocycles. The number of nitrogens with zero attached hydrogens (tertiary/aromatic N) is 2. The van der Waals surface area contributed by atoms with Crippen molar-refractivity contribution in [3.05, 3.63) is 89.6 Å². The van der Waals surface area contributed by atoms with Crippen molar-refractivity contribution in [2.24, 2.45) is 5.10 Å². The van der Waals surface area contributed by atoms with Crippen LogP contribution in [0.2, 0.25) is 0 Å². The molecular formula is C20H16N4O2. The second kappa shape index (κ2) is 7.06. The third-order valence-electron chi connectivity index (χ3n) is 3.91. The Kier molecular flexibility index (Phi) is 4.30. The first kappa shape index (κ1) is 15.8. The van der Waals surface area contributed by atoms with Gasteiger partial charge in [0.05, 0.1) is 23.5 Å². The molecular weight excluding hydrogens is 328 g/mol. The summed E-state index contributed by atoms with van der Waals surface area (Å²) in [6.07, 6.45) is 3.71. The predicted molar refractivity (Wildman–Crippen MR) is 99.1 cm³/mol. The maximum absolute atomic E-state index is 12.2. The van der Waals surface area contributed by atoms with Gasteiger partial charge in [-0.3, -0.25) is 4.79 Å². The molecule has 0 aliphatic rings. The van der Waals surface area contributed by atoms with E-state index in [0.717, 1.165) is 16.9 Å². The zero-order valence-electron chi connectivity index (χ0n) is 13.8. The molecule has 0 radical (unpaired) electrons. The fourth-order valence-corrected chi connectivity index (χ4v) is 2.66. The molecule has 26 heavy (non-hydrogen) atoms. The normalized spacial score (nSPS) is 11.2. The molecule has 4 aromatic rings. The van der Waals surface area contributed by atoms with Crippen LogP contribution < -0.4 is 5.43 Å². The standard InChI is InChI=1S/C20H16N4O2/c25-20(24-21-13-16-7-4-10-26-16)15-8-9-17-18(12-15)23-19(22-17)11-14-5-2-1-3-6-14/h1-10,12-13H,11H2,(H,22,23)(H,24,25)/b21-13-. The number of amides is 1. The summed E-state index contributed by atoms with van der Waals surface area (Å²) in [4.78, 5) is 20.1. The van der Waals surface area contributed by atoms with Gasteiger partial charge in [0.2, 0.25) is 0 Å². The van der Waals surface area contributed by atoms with Crippen LogP contribution in [0.3, 0.4) is 0 Å². The van der Waals surface area contributed by atoms with Gasteiger partial charge >= 0.3 is 0 Å². The number of imidazole rings is 1. The molecule has 4 rings (SSSR count). The van der Waals surface area contributed by atoms with Crippen LogP contribution in [0.1, 0.15) is 27.5 Å². The van der Waals surface area contributed by atoms with Gasteiger partial charge in [0, 0.05) is 12.0 Å². The average molecular weight is 344 g/mol. The summed E-state index contributed by atoms with van der Waals surface area (Å²) in [5.74, 6) is 1.13. The monoisotopic (exact) mass is 344 g/mol. The van der Waals surface area contributed by atoms with E-state index in [1.54, 1.807) is 30.5 Å². The Morgan fingerprint density at radius 2 is 2.04 bits per heavy atom. The van der Waals surface area contributed by atoms with Gasteiger partial charge in [0.15, 0.2) is 0 Å². The molecule has 2 heterocycles. The van der Waals surface area contributed by atoms with Crippen molar-refractivity contribution in [2.75, 3.05) is 0 Å². The van der Waals surface area contributed by atoms with Crippen LogP contribution in [-0.4, -0.2) is 22.1 Å². The zero-order chi connectivity index (χ0) is 17.8. The number of hydrogen-bond acceptors (Lipinski definition) is 4. The van der Waals surface area contributed by atoms with E-state index in [-0.39, 0.29) is 5.91 Å². The number of aromatic nitrogens is 2. The van der Waals surface area contributed by atoms with Crippen LogP contribution >= 0.6 is 0 Å². The first-order valence-electron chi connectivity index (χ1n) is 8.17. The Morgan fingerprint density at radius 3 is 2.85 bits per heavy atom. The molecule has 0 saturated carbocycles. The Labute approximate surface area is 149 Å². The number of H-pyrrole nitrogens is 1. The summed E-state index contributed by atoms with van der Waals surface area (Å²) in [7, 11) is 0.